The van der Waals surface area contributed by atoms with Crippen LogP contribution in [0.3, 0.4) is 0 Å². The minimum absolute atomic E-state index is 0.0167. The van der Waals surface area contributed by atoms with Crippen LogP contribution in [-0.4, -0.2) is 16.5 Å². The lowest BCUT2D eigenvalue weighted by molar-refractivity contribution is -0.120. The SMILES string of the molecule is CC1(C)CC(=O)CC(=NNc2nc3ccccc3o2)C1. The van der Waals surface area contributed by atoms with Gasteiger partial charge in [-0.2, -0.15) is 10.1 Å². The molecular formula is C15H17N3O2. The van der Waals surface area contributed by atoms with Gasteiger partial charge in [0.15, 0.2) is 5.58 Å². The molecule has 2 aromatic rings. The van der Waals surface area contributed by atoms with E-state index in [1.54, 1.807) is 0 Å². The number of aromatic nitrogens is 1. The van der Waals surface area contributed by atoms with Crippen molar-refractivity contribution in [3.63, 3.8) is 0 Å². The van der Waals surface area contributed by atoms with Crippen LogP contribution in [0.2, 0.25) is 0 Å². The van der Waals surface area contributed by atoms with Crippen molar-refractivity contribution in [1.82, 2.24) is 4.98 Å². The Bertz CT molecular complexity index is 652. The quantitative estimate of drug-likeness (QED) is 0.850. The Morgan fingerprint density at radius 3 is 2.85 bits per heavy atom. The van der Waals surface area contributed by atoms with E-state index in [1.807, 2.05) is 24.3 Å². The van der Waals surface area contributed by atoms with Crippen molar-refractivity contribution in [2.45, 2.75) is 33.1 Å². The molecule has 0 atom stereocenters. The second kappa shape index (κ2) is 4.74. The number of ketones is 1. The number of rotatable bonds is 2. The highest BCUT2D eigenvalue weighted by Crippen LogP contribution is 2.31. The lowest BCUT2D eigenvalue weighted by Gasteiger charge is -2.28. The first-order chi connectivity index (χ1) is 9.52. The number of oxazole rings is 1. The molecular weight excluding hydrogens is 254 g/mol. The average molecular weight is 271 g/mol. The number of carbonyl (C=O) groups excluding carboxylic acids is 1. The summed E-state index contributed by atoms with van der Waals surface area (Å²) >= 11 is 0. The van der Waals surface area contributed by atoms with Gasteiger partial charge in [0.2, 0.25) is 0 Å². The molecule has 1 saturated carbocycles. The van der Waals surface area contributed by atoms with Gasteiger partial charge in [-0.05, 0) is 24.0 Å². The monoisotopic (exact) mass is 271 g/mol. The average Bonchev–Trinajstić information content (AvgIpc) is 2.76. The molecule has 0 amide bonds. The summed E-state index contributed by atoms with van der Waals surface area (Å²) in [5.41, 5.74) is 5.16. The first-order valence-electron chi connectivity index (χ1n) is 6.71. The van der Waals surface area contributed by atoms with E-state index in [4.69, 9.17) is 4.42 Å². The van der Waals surface area contributed by atoms with Crippen LogP contribution in [0.4, 0.5) is 6.01 Å². The third kappa shape index (κ3) is 2.71. The molecule has 1 aromatic carbocycles. The van der Waals surface area contributed by atoms with Crippen molar-refractivity contribution in [1.29, 1.82) is 0 Å². The van der Waals surface area contributed by atoms with Crippen molar-refractivity contribution in [2.75, 3.05) is 5.43 Å². The van der Waals surface area contributed by atoms with E-state index in [9.17, 15) is 4.79 Å². The van der Waals surface area contributed by atoms with Crippen molar-refractivity contribution in [2.24, 2.45) is 10.5 Å². The van der Waals surface area contributed by atoms with Gasteiger partial charge in [-0.1, -0.05) is 26.0 Å². The summed E-state index contributed by atoms with van der Waals surface area (Å²) in [4.78, 5) is 16.0. The van der Waals surface area contributed by atoms with E-state index in [0.29, 0.717) is 18.9 Å². The van der Waals surface area contributed by atoms with Gasteiger partial charge in [0.25, 0.3) is 0 Å². The fraction of sp³-hybridized carbons (Fsp3) is 0.400. The van der Waals surface area contributed by atoms with E-state index in [0.717, 1.165) is 23.2 Å². The van der Waals surface area contributed by atoms with E-state index in [-0.39, 0.29) is 11.2 Å². The zero-order valence-corrected chi connectivity index (χ0v) is 11.6. The zero-order chi connectivity index (χ0) is 14.2. The maximum atomic E-state index is 11.7. The third-order valence-electron chi connectivity index (χ3n) is 3.36. The van der Waals surface area contributed by atoms with Gasteiger partial charge in [0.1, 0.15) is 11.3 Å². The van der Waals surface area contributed by atoms with Gasteiger partial charge in [-0.3, -0.25) is 4.79 Å². The van der Waals surface area contributed by atoms with Crippen LogP contribution >= 0.6 is 0 Å². The first-order valence-corrected chi connectivity index (χ1v) is 6.71. The normalized spacial score (nSPS) is 20.5. The third-order valence-corrected chi connectivity index (χ3v) is 3.36. The molecule has 1 aliphatic rings. The second-order valence-electron chi connectivity index (χ2n) is 6.01. The second-order valence-corrected chi connectivity index (χ2v) is 6.01. The highest BCUT2D eigenvalue weighted by molar-refractivity contribution is 6.05. The van der Waals surface area contributed by atoms with Crippen LogP contribution in [0.15, 0.2) is 33.8 Å². The summed E-state index contributed by atoms with van der Waals surface area (Å²) in [7, 11) is 0. The molecule has 1 N–H and O–H groups in total. The van der Waals surface area contributed by atoms with E-state index < -0.39 is 0 Å². The van der Waals surface area contributed by atoms with E-state index in [1.165, 1.54) is 0 Å². The number of hydrazone groups is 1. The molecule has 5 nitrogen and oxygen atoms in total. The summed E-state index contributed by atoms with van der Waals surface area (Å²) in [6.45, 7) is 4.16. The number of benzene rings is 1. The van der Waals surface area contributed by atoms with Crippen LogP contribution in [0.1, 0.15) is 33.1 Å². The molecule has 0 radical (unpaired) electrons. The zero-order valence-electron chi connectivity index (χ0n) is 11.6. The number of nitrogens with one attached hydrogen (secondary N) is 1. The molecule has 3 rings (SSSR count). The Balaban J connectivity index is 1.77. The van der Waals surface area contributed by atoms with Gasteiger partial charge in [0.05, 0.1) is 0 Å². The van der Waals surface area contributed by atoms with Gasteiger partial charge in [0, 0.05) is 18.6 Å². The molecule has 0 spiro atoms. The summed E-state index contributed by atoms with van der Waals surface area (Å²) in [6.07, 6.45) is 1.84. The van der Waals surface area contributed by atoms with Crippen LogP contribution in [0.5, 0.6) is 0 Å². The molecule has 0 aliphatic heterocycles. The number of Topliss-reactive ketones (excluding diaryl/α,β-unsaturated/α-hetero) is 1. The van der Waals surface area contributed by atoms with Gasteiger partial charge in [-0.15, -0.1) is 0 Å². The Morgan fingerprint density at radius 1 is 1.30 bits per heavy atom. The molecule has 5 heteroatoms. The highest BCUT2D eigenvalue weighted by atomic mass is 16.4. The molecule has 1 aliphatic carbocycles. The van der Waals surface area contributed by atoms with Crippen molar-refractivity contribution >= 4 is 28.6 Å². The van der Waals surface area contributed by atoms with E-state index >= 15 is 0 Å². The molecule has 0 unspecified atom stereocenters. The number of para-hydroxylation sites is 2. The van der Waals surface area contributed by atoms with Crippen LogP contribution in [0.25, 0.3) is 11.1 Å². The Labute approximate surface area is 117 Å². The summed E-state index contributed by atoms with van der Waals surface area (Å²) in [6, 6.07) is 7.89. The molecule has 20 heavy (non-hydrogen) atoms. The summed E-state index contributed by atoms with van der Waals surface area (Å²) in [5, 5.41) is 4.28. The largest absolute Gasteiger partial charge is 0.422 e. The summed E-state index contributed by atoms with van der Waals surface area (Å²) in [5.74, 6) is 0.236. The minimum Gasteiger partial charge on any atom is -0.422 e. The number of nitrogens with zero attached hydrogens (tertiary/aromatic N) is 2. The van der Waals surface area contributed by atoms with E-state index in [2.05, 4.69) is 29.4 Å². The predicted octanol–water partition coefficient (Wildman–Crippen LogP) is 3.37. The molecule has 0 bridgehead atoms. The number of hydrogen-bond donors (Lipinski definition) is 1. The topological polar surface area (TPSA) is 67.5 Å². The Hall–Kier alpha value is -2.17. The van der Waals surface area contributed by atoms with Crippen LogP contribution in [0, 0.1) is 5.41 Å². The molecule has 104 valence electrons. The number of hydrogen-bond acceptors (Lipinski definition) is 5. The smallest absolute Gasteiger partial charge is 0.316 e. The molecule has 1 heterocycles. The van der Waals surface area contributed by atoms with Gasteiger partial charge >= 0.3 is 6.01 Å². The van der Waals surface area contributed by atoms with Gasteiger partial charge < -0.3 is 4.42 Å². The number of fused-ring (bicyclic) bond motifs is 1. The standard InChI is InChI=1S/C15H17N3O2/c1-15(2)8-10(7-11(19)9-15)17-18-14-16-12-5-3-4-6-13(12)20-14/h3-6H,7-9H2,1-2H3,(H,16,18). The minimum atomic E-state index is -0.0167. The van der Waals surface area contributed by atoms with Crippen molar-refractivity contribution in [3.8, 4) is 0 Å². The Morgan fingerprint density at radius 2 is 2.10 bits per heavy atom. The highest BCUT2D eigenvalue weighted by Gasteiger charge is 2.30. The lowest BCUT2D eigenvalue weighted by atomic mass is 9.76. The van der Waals surface area contributed by atoms with Crippen molar-refractivity contribution < 1.29 is 9.21 Å². The predicted molar refractivity (Wildman–Crippen MR) is 77.7 cm³/mol. The van der Waals surface area contributed by atoms with Crippen LogP contribution in [-0.2, 0) is 4.79 Å². The molecule has 1 aromatic heterocycles. The van der Waals surface area contributed by atoms with Gasteiger partial charge in [-0.25, -0.2) is 5.43 Å². The number of anilines is 1. The van der Waals surface area contributed by atoms with Crippen LogP contribution < -0.4 is 5.43 Å². The Kier molecular flexibility index (Phi) is 3.04. The maximum absolute atomic E-state index is 11.7. The van der Waals surface area contributed by atoms with Crippen molar-refractivity contribution in [3.05, 3.63) is 24.3 Å². The summed E-state index contributed by atoms with van der Waals surface area (Å²) < 4.78 is 5.52. The number of carbonyl (C=O) groups is 1. The molecule has 1 fully saturated rings. The first kappa shape index (κ1) is 12.8. The molecule has 0 saturated heterocycles. The fourth-order valence-electron chi connectivity index (χ4n) is 2.63. The maximum Gasteiger partial charge on any atom is 0.316 e. The lowest BCUT2D eigenvalue weighted by Crippen LogP contribution is -2.29. The fourth-order valence-corrected chi connectivity index (χ4v) is 2.63.